The Morgan fingerprint density at radius 1 is 0.905 bits per heavy atom. The number of nitrogens with one attached hydrogen (secondary N) is 1. The first kappa shape index (κ1) is 13.1. The minimum absolute atomic E-state index is 0.861. The number of aromatic nitrogens is 2. The molecule has 6 heteroatoms. The van der Waals surface area contributed by atoms with Crippen LogP contribution in [0.25, 0.3) is 20.4 Å². The van der Waals surface area contributed by atoms with Gasteiger partial charge in [0.05, 0.1) is 20.4 Å². The number of anilines is 2. The number of fused-ring (bicyclic) bond motifs is 2. The molecule has 104 valence electrons. The van der Waals surface area contributed by atoms with Crippen molar-refractivity contribution in [3.05, 3.63) is 42.0 Å². The highest BCUT2D eigenvalue weighted by Crippen LogP contribution is 2.33. The molecule has 4 aromatic rings. The lowest BCUT2D eigenvalue weighted by atomic mass is 10.2. The predicted octanol–water partition coefficient (Wildman–Crippen LogP) is 5.25. The zero-order valence-corrected chi connectivity index (χ0v) is 13.6. The van der Waals surface area contributed by atoms with Gasteiger partial charge in [-0.2, -0.15) is 0 Å². The SMILES string of the molecule is Cc1ccc2sc(Nc3nc4cc(S)ccc4s3)nc2c1. The van der Waals surface area contributed by atoms with Gasteiger partial charge in [-0.25, -0.2) is 9.97 Å². The van der Waals surface area contributed by atoms with Gasteiger partial charge >= 0.3 is 0 Å². The molecule has 21 heavy (non-hydrogen) atoms. The monoisotopic (exact) mass is 329 g/mol. The molecule has 3 nitrogen and oxygen atoms in total. The zero-order valence-electron chi connectivity index (χ0n) is 11.1. The molecule has 0 fully saturated rings. The molecule has 0 aliphatic rings. The number of thiazole rings is 2. The summed E-state index contributed by atoms with van der Waals surface area (Å²) >= 11 is 7.61. The van der Waals surface area contributed by atoms with Crippen molar-refractivity contribution in [3.8, 4) is 0 Å². The zero-order chi connectivity index (χ0) is 14.4. The van der Waals surface area contributed by atoms with E-state index in [1.165, 1.54) is 10.3 Å². The van der Waals surface area contributed by atoms with Gasteiger partial charge in [-0.3, -0.25) is 0 Å². The second-order valence-electron chi connectivity index (χ2n) is 4.79. The average Bonchev–Trinajstić information content (AvgIpc) is 3.00. The number of benzene rings is 2. The Bertz CT molecular complexity index is 877. The molecule has 1 N–H and O–H groups in total. The van der Waals surface area contributed by atoms with E-state index in [9.17, 15) is 0 Å². The van der Waals surface area contributed by atoms with Crippen LogP contribution in [0.15, 0.2) is 41.3 Å². The fourth-order valence-electron chi connectivity index (χ4n) is 2.15. The fraction of sp³-hybridized carbons (Fsp3) is 0.0667. The largest absolute Gasteiger partial charge is 0.307 e. The highest BCUT2D eigenvalue weighted by atomic mass is 32.1. The van der Waals surface area contributed by atoms with E-state index in [1.807, 2.05) is 18.2 Å². The highest BCUT2D eigenvalue weighted by Gasteiger charge is 2.08. The van der Waals surface area contributed by atoms with E-state index in [0.717, 1.165) is 30.9 Å². The molecule has 2 aromatic carbocycles. The van der Waals surface area contributed by atoms with Gasteiger partial charge in [-0.1, -0.05) is 28.7 Å². The Balaban J connectivity index is 1.71. The van der Waals surface area contributed by atoms with Crippen LogP contribution in [-0.2, 0) is 0 Å². The van der Waals surface area contributed by atoms with Crippen LogP contribution in [0.2, 0.25) is 0 Å². The number of nitrogens with zero attached hydrogens (tertiary/aromatic N) is 2. The molecule has 0 saturated heterocycles. The smallest absolute Gasteiger partial charge is 0.190 e. The van der Waals surface area contributed by atoms with Crippen LogP contribution in [0.3, 0.4) is 0 Å². The van der Waals surface area contributed by atoms with Gasteiger partial charge in [0, 0.05) is 4.90 Å². The second kappa shape index (κ2) is 4.98. The van der Waals surface area contributed by atoms with Crippen LogP contribution in [0.1, 0.15) is 5.56 Å². The van der Waals surface area contributed by atoms with Crippen LogP contribution in [0.5, 0.6) is 0 Å². The van der Waals surface area contributed by atoms with E-state index in [-0.39, 0.29) is 0 Å². The van der Waals surface area contributed by atoms with Gasteiger partial charge in [0.15, 0.2) is 10.3 Å². The highest BCUT2D eigenvalue weighted by molar-refractivity contribution is 7.80. The van der Waals surface area contributed by atoms with E-state index >= 15 is 0 Å². The summed E-state index contributed by atoms with van der Waals surface area (Å²) in [5.41, 5.74) is 3.22. The fourth-order valence-corrected chi connectivity index (χ4v) is 4.10. The predicted molar refractivity (Wildman–Crippen MR) is 94.5 cm³/mol. The number of hydrogen-bond donors (Lipinski definition) is 2. The van der Waals surface area contributed by atoms with Crippen LogP contribution >= 0.6 is 35.3 Å². The standard InChI is InChI=1S/C15H11N3S3/c1-8-2-4-12-10(6-8)16-14(20-12)18-15-17-11-7-9(19)3-5-13(11)21-15/h2-7,19H,1H3,(H,16,17,18). The molecule has 0 spiro atoms. The summed E-state index contributed by atoms with van der Waals surface area (Å²) < 4.78 is 2.33. The number of thiol groups is 1. The first-order valence-electron chi connectivity index (χ1n) is 6.41. The molecule has 0 radical (unpaired) electrons. The summed E-state index contributed by atoms with van der Waals surface area (Å²) in [6, 6.07) is 12.3. The molecule has 2 aromatic heterocycles. The van der Waals surface area contributed by atoms with Crippen molar-refractivity contribution in [3.63, 3.8) is 0 Å². The number of hydrogen-bond acceptors (Lipinski definition) is 6. The van der Waals surface area contributed by atoms with Gasteiger partial charge in [0.25, 0.3) is 0 Å². The van der Waals surface area contributed by atoms with E-state index in [0.29, 0.717) is 0 Å². The molecule has 0 aliphatic carbocycles. The average molecular weight is 329 g/mol. The lowest BCUT2D eigenvalue weighted by molar-refractivity contribution is 1.38. The number of rotatable bonds is 2. The topological polar surface area (TPSA) is 37.8 Å². The first-order chi connectivity index (χ1) is 10.2. The quantitative estimate of drug-likeness (QED) is 0.493. The van der Waals surface area contributed by atoms with E-state index in [2.05, 4.69) is 53.0 Å². The van der Waals surface area contributed by atoms with Gasteiger partial charge in [-0.05, 0) is 42.8 Å². The third-order valence-electron chi connectivity index (χ3n) is 3.13. The molecule has 0 bridgehead atoms. The minimum Gasteiger partial charge on any atom is -0.307 e. The lowest BCUT2D eigenvalue weighted by Crippen LogP contribution is -1.87. The Labute approximate surface area is 135 Å². The van der Waals surface area contributed by atoms with Gasteiger partial charge in [0.1, 0.15) is 0 Å². The molecule has 4 rings (SSSR count). The molecular formula is C15H11N3S3. The molecule has 0 amide bonds. The van der Waals surface area contributed by atoms with Gasteiger partial charge in [-0.15, -0.1) is 12.6 Å². The molecule has 0 saturated carbocycles. The van der Waals surface area contributed by atoms with Crippen molar-refractivity contribution in [2.75, 3.05) is 5.32 Å². The summed E-state index contributed by atoms with van der Waals surface area (Å²) in [5, 5.41) is 5.05. The van der Waals surface area contributed by atoms with Crippen LogP contribution in [-0.4, -0.2) is 9.97 Å². The maximum atomic E-state index is 4.62. The summed E-state index contributed by atoms with van der Waals surface area (Å²) in [7, 11) is 0. The van der Waals surface area contributed by atoms with Crippen LogP contribution in [0, 0.1) is 6.92 Å². The van der Waals surface area contributed by atoms with Crippen molar-refractivity contribution in [2.24, 2.45) is 0 Å². The Morgan fingerprint density at radius 2 is 1.52 bits per heavy atom. The second-order valence-corrected chi connectivity index (χ2v) is 7.36. The van der Waals surface area contributed by atoms with Crippen molar-refractivity contribution in [1.29, 1.82) is 0 Å². The third-order valence-corrected chi connectivity index (χ3v) is 5.31. The van der Waals surface area contributed by atoms with Crippen LogP contribution < -0.4 is 5.32 Å². The van der Waals surface area contributed by atoms with Crippen molar-refractivity contribution >= 4 is 66.0 Å². The van der Waals surface area contributed by atoms with Gasteiger partial charge in [0.2, 0.25) is 0 Å². The Morgan fingerprint density at radius 3 is 2.24 bits per heavy atom. The van der Waals surface area contributed by atoms with E-state index < -0.39 is 0 Å². The van der Waals surface area contributed by atoms with Crippen molar-refractivity contribution in [1.82, 2.24) is 9.97 Å². The van der Waals surface area contributed by atoms with Crippen molar-refractivity contribution in [2.45, 2.75) is 11.8 Å². The molecule has 2 heterocycles. The van der Waals surface area contributed by atoms with E-state index in [4.69, 9.17) is 0 Å². The van der Waals surface area contributed by atoms with Crippen LogP contribution in [0.4, 0.5) is 10.3 Å². The summed E-state index contributed by atoms with van der Waals surface area (Å²) in [5.74, 6) is 0. The molecule has 0 aliphatic heterocycles. The summed E-state index contributed by atoms with van der Waals surface area (Å²) in [4.78, 5) is 10.1. The lowest BCUT2D eigenvalue weighted by Gasteiger charge is -1.93. The van der Waals surface area contributed by atoms with Crippen molar-refractivity contribution < 1.29 is 0 Å². The maximum absolute atomic E-state index is 4.62. The summed E-state index contributed by atoms with van der Waals surface area (Å²) in [6.07, 6.45) is 0. The maximum Gasteiger partial charge on any atom is 0.190 e. The first-order valence-corrected chi connectivity index (χ1v) is 8.49. The van der Waals surface area contributed by atoms with E-state index in [1.54, 1.807) is 22.7 Å². The summed E-state index contributed by atoms with van der Waals surface area (Å²) in [6.45, 7) is 2.08. The molecule has 0 unspecified atom stereocenters. The Kier molecular flexibility index (Phi) is 3.10. The number of aryl methyl sites for hydroxylation is 1. The molecular weight excluding hydrogens is 318 g/mol. The minimum atomic E-state index is 0.861. The van der Waals surface area contributed by atoms with Gasteiger partial charge < -0.3 is 5.32 Å². The normalized spacial score (nSPS) is 11.3. The third kappa shape index (κ3) is 2.50. The Hall–Kier alpha value is -1.63. The molecule has 0 atom stereocenters.